The highest BCUT2D eigenvalue weighted by atomic mass is 16.2. The SMILES string of the molecule is C/C(=N\NC(=O)c1ccc(-n2c(C)ccc2C)cc1)c1ccc(C#N)cc1. The van der Waals surface area contributed by atoms with Crippen molar-refractivity contribution in [1.29, 1.82) is 5.26 Å². The van der Waals surface area contributed by atoms with Gasteiger partial charge in [0, 0.05) is 22.6 Å². The van der Waals surface area contributed by atoms with Crippen LogP contribution in [0.15, 0.2) is 65.8 Å². The van der Waals surface area contributed by atoms with E-state index in [0.29, 0.717) is 16.8 Å². The number of hydrogen-bond donors (Lipinski definition) is 1. The van der Waals surface area contributed by atoms with Crippen LogP contribution < -0.4 is 5.43 Å². The first-order valence-corrected chi connectivity index (χ1v) is 8.60. The molecule has 27 heavy (non-hydrogen) atoms. The van der Waals surface area contributed by atoms with Crippen LogP contribution in [0.4, 0.5) is 0 Å². The molecule has 2 aromatic carbocycles. The van der Waals surface area contributed by atoms with Gasteiger partial charge in [0.15, 0.2) is 0 Å². The number of hydrazone groups is 1. The summed E-state index contributed by atoms with van der Waals surface area (Å²) < 4.78 is 2.13. The molecule has 0 radical (unpaired) electrons. The summed E-state index contributed by atoms with van der Waals surface area (Å²) >= 11 is 0. The summed E-state index contributed by atoms with van der Waals surface area (Å²) in [7, 11) is 0. The van der Waals surface area contributed by atoms with Gasteiger partial charge in [-0.2, -0.15) is 10.4 Å². The second kappa shape index (κ2) is 7.71. The molecule has 0 aliphatic carbocycles. The molecule has 0 unspecified atom stereocenters. The molecule has 1 aromatic heterocycles. The molecule has 0 saturated heterocycles. The van der Waals surface area contributed by atoms with Gasteiger partial charge in [-0.05, 0) is 74.9 Å². The second-order valence-electron chi connectivity index (χ2n) is 6.33. The molecule has 5 heteroatoms. The van der Waals surface area contributed by atoms with E-state index in [1.54, 1.807) is 36.4 Å². The van der Waals surface area contributed by atoms with Gasteiger partial charge in [-0.25, -0.2) is 5.43 Å². The molecule has 1 amide bonds. The van der Waals surface area contributed by atoms with Crippen LogP contribution in [0.25, 0.3) is 5.69 Å². The monoisotopic (exact) mass is 356 g/mol. The van der Waals surface area contributed by atoms with Gasteiger partial charge in [0.1, 0.15) is 0 Å². The smallest absolute Gasteiger partial charge is 0.271 e. The fourth-order valence-electron chi connectivity index (χ4n) is 2.89. The van der Waals surface area contributed by atoms with Gasteiger partial charge in [0.05, 0.1) is 17.3 Å². The third-order valence-electron chi connectivity index (χ3n) is 4.42. The van der Waals surface area contributed by atoms with Gasteiger partial charge in [0.25, 0.3) is 5.91 Å². The van der Waals surface area contributed by atoms with E-state index < -0.39 is 0 Å². The Morgan fingerprint density at radius 1 is 0.926 bits per heavy atom. The number of rotatable bonds is 4. The van der Waals surface area contributed by atoms with Gasteiger partial charge in [-0.1, -0.05) is 12.1 Å². The lowest BCUT2D eigenvalue weighted by atomic mass is 10.1. The summed E-state index contributed by atoms with van der Waals surface area (Å²) in [5, 5.41) is 13.0. The lowest BCUT2D eigenvalue weighted by Gasteiger charge is -2.10. The minimum Gasteiger partial charge on any atom is -0.319 e. The molecule has 0 spiro atoms. The molecule has 3 aromatic rings. The van der Waals surface area contributed by atoms with E-state index in [4.69, 9.17) is 5.26 Å². The first-order valence-electron chi connectivity index (χ1n) is 8.60. The number of hydrogen-bond acceptors (Lipinski definition) is 3. The molecule has 134 valence electrons. The maximum atomic E-state index is 12.3. The van der Waals surface area contributed by atoms with Crippen LogP contribution >= 0.6 is 0 Å². The van der Waals surface area contributed by atoms with Crippen LogP contribution in [0.2, 0.25) is 0 Å². The number of benzene rings is 2. The van der Waals surface area contributed by atoms with E-state index in [-0.39, 0.29) is 5.91 Å². The van der Waals surface area contributed by atoms with E-state index in [9.17, 15) is 4.79 Å². The van der Waals surface area contributed by atoms with Gasteiger partial charge in [-0.3, -0.25) is 4.79 Å². The lowest BCUT2D eigenvalue weighted by Crippen LogP contribution is -2.19. The van der Waals surface area contributed by atoms with Crippen molar-refractivity contribution in [2.24, 2.45) is 5.10 Å². The Bertz CT molecular complexity index is 1020. The maximum absolute atomic E-state index is 12.3. The number of nitrogens with zero attached hydrogens (tertiary/aromatic N) is 3. The van der Waals surface area contributed by atoms with Crippen molar-refractivity contribution in [2.75, 3.05) is 0 Å². The third-order valence-corrected chi connectivity index (χ3v) is 4.42. The van der Waals surface area contributed by atoms with Gasteiger partial charge in [0.2, 0.25) is 0 Å². The number of nitrogens with one attached hydrogen (secondary N) is 1. The number of aryl methyl sites for hydroxylation is 2. The highest BCUT2D eigenvalue weighted by Gasteiger charge is 2.08. The van der Waals surface area contributed by atoms with Crippen LogP contribution in [0.3, 0.4) is 0 Å². The van der Waals surface area contributed by atoms with Gasteiger partial charge < -0.3 is 4.57 Å². The quantitative estimate of drug-likeness (QED) is 0.564. The van der Waals surface area contributed by atoms with Crippen LogP contribution in [-0.4, -0.2) is 16.2 Å². The Morgan fingerprint density at radius 2 is 1.48 bits per heavy atom. The van der Waals surface area contributed by atoms with Gasteiger partial charge >= 0.3 is 0 Å². The number of carbonyl (C=O) groups is 1. The van der Waals surface area contributed by atoms with Crippen molar-refractivity contribution in [1.82, 2.24) is 9.99 Å². The Morgan fingerprint density at radius 3 is 2.04 bits per heavy atom. The van der Waals surface area contributed by atoms with E-state index in [1.165, 1.54) is 0 Å². The van der Waals surface area contributed by atoms with E-state index in [0.717, 1.165) is 22.6 Å². The molecule has 0 fully saturated rings. The summed E-state index contributed by atoms with van der Waals surface area (Å²) in [6.07, 6.45) is 0. The van der Waals surface area contributed by atoms with Crippen molar-refractivity contribution < 1.29 is 4.79 Å². The fourth-order valence-corrected chi connectivity index (χ4v) is 2.89. The van der Waals surface area contributed by atoms with Crippen molar-refractivity contribution in [3.63, 3.8) is 0 Å². The normalized spacial score (nSPS) is 11.1. The topological polar surface area (TPSA) is 70.2 Å². The Hall–Kier alpha value is -3.65. The Balaban J connectivity index is 1.71. The summed E-state index contributed by atoms with van der Waals surface area (Å²) in [6, 6.07) is 20.7. The average molecular weight is 356 g/mol. The molecule has 5 nitrogen and oxygen atoms in total. The third kappa shape index (κ3) is 3.96. The van der Waals surface area contributed by atoms with E-state index in [1.807, 2.05) is 32.9 Å². The molecule has 0 aliphatic rings. The van der Waals surface area contributed by atoms with Crippen molar-refractivity contribution in [3.8, 4) is 11.8 Å². The summed E-state index contributed by atoms with van der Waals surface area (Å²) in [4.78, 5) is 12.3. The number of amides is 1. The van der Waals surface area contributed by atoms with Crippen LogP contribution in [-0.2, 0) is 0 Å². The van der Waals surface area contributed by atoms with Crippen LogP contribution in [0.1, 0.15) is 39.8 Å². The molecule has 1 heterocycles. The summed E-state index contributed by atoms with van der Waals surface area (Å²) in [5.41, 5.74) is 8.53. The first kappa shape index (κ1) is 18.2. The Kier molecular flexibility index (Phi) is 5.18. The first-order chi connectivity index (χ1) is 13.0. The molecule has 1 N–H and O–H groups in total. The van der Waals surface area contributed by atoms with Crippen molar-refractivity contribution >= 4 is 11.6 Å². The fraction of sp³-hybridized carbons (Fsp3) is 0.136. The maximum Gasteiger partial charge on any atom is 0.271 e. The Labute approximate surface area is 158 Å². The van der Waals surface area contributed by atoms with Crippen LogP contribution in [0.5, 0.6) is 0 Å². The molecular weight excluding hydrogens is 336 g/mol. The lowest BCUT2D eigenvalue weighted by molar-refractivity contribution is 0.0955. The van der Waals surface area contributed by atoms with Crippen LogP contribution in [0, 0.1) is 25.2 Å². The zero-order valence-corrected chi connectivity index (χ0v) is 15.5. The summed E-state index contributed by atoms with van der Waals surface area (Å²) in [5.74, 6) is -0.268. The van der Waals surface area contributed by atoms with E-state index >= 15 is 0 Å². The van der Waals surface area contributed by atoms with Crippen molar-refractivity contribution in [2.45, 2.75) is 20.8 Å². The van der Waals surface area contributed by atoms with Crippen molar-refractivity contribution in [3.05, 3.63) is 88.7 Å². The number of carbonyl (C=O) groups excluding carboxylic acids is 1. The zero-order valence-electron chi connectivity index (χ0n) is 15.5. The minimum atomic E-state index is -0.268. The number of aromatic nitrogens is 1. The second-order valence-corrected chi connectivity index (χ2v) is 6.33. The highest BCUT2D eigenvalue weighted by molar-refractivity contribution is 6.00. The largest absolute Gasteiger partial charge is 0.319 e. The average Bonchev–Trinajstić information content (AvgIpc) is 3.04. The molecule has 3 rings (SSSR count). The molecule has 0 bridgehead atoms. The summed E-state index contributed by atoms with van der Waals surface area (Å²) in [6.45, 7) is 5.91. The van der Waals surface area contributed by atoms with E-state index in [2.05, 4.69) is 33.3 Å². The predicted molar refractivity (Wildman–Crippen MR) is 106 cm³/mol. The molecule has 0 saturated carbocycles. The highest BCUT2D eigenvalue weighted by Crippen LogP contribution is 2.17. The molecular formula is C22H20N4O. The zero-order chi connectivity index (χ0) is 19.4. The number of nitriles is 1. The van der Waals surface area contributed by atoms with Gasteiger partial charge in [-0.15, -0.1) is 0 Å². The minimum absolute atomic E-state index is 0.268. The molecule has 0 aliphatic heterocycles. The molecule has 0 atom stereocenters. The predicted octanol–water partition coefficient (Wildman–Crippen LogP) is 4.12. The standard InChI is InChI=1S/C22H20N4O/c1-15-4-5-16(2)26(15)21-12-10-20(11-13-21)22(27)25-24-17(3)19-8-6-18(14-23)7-9-19/h4-13H,1-3H3,(H,25,27)/b24-17+.